The minimum absolute atomic E-state index is 0.0318. The Kier molecular flexibility index (Phi) is 4.79. The van der Waals surface area contributed by atoms with Crippen LogP contribution in [0, 0.1) is 12.8 Å². The summed E-state index contributed by atoms with van der Waals surface area (Å²) in [6, 6.07) is 13.8. The van der Waals surface area contributed by atoms with E-state index in [1.165, 1.54) is 0 Å². The average Bonchev–Trinajstić information content (AvgIpc) is 3.10. The van der Waals surface area contributed by atoms with E-state index in [-0.39, 0.29) is 17.7 Å². The van der Waals surface area contributed by atoms with Gasteiger partial charge in [-0.25, -0.2) is 4.98 Å². The highest BCUT2D eigenvalue weighted by molar-refractivity contribution is 6.00. The Labute approximate surface area is 159 Å². The summed E-state index contributed by atoms with van der Waals surface area (Å²) < 4.78 is 0. The molecule has 2 saturated heterocycles. The number of pyridine rings is 1. The molecule has 0 saturated carbocycles. The molecule has 4 rings (SSSR count). The Hall–Kier alpha value is -2.89. The largest absolute Gasteiger partial charge is 0.353 e. The molecule has 1 unspecified atom stereocenters. The van der Waals surface area contributed by atoms with Gasteiger partial charge in [0.15, 0.2) is 0 Å². The molecule has 27 heavy (non-hydrogen) atoms. The quantitative estimate of drug-likeness (QED) is 0.837. The average molecular weight is 364 g/mol. The maximum absolute atomic E-state index is 12.9. The van der Waals surface area contributed by atoms with E-state index in [4.69, 9.17) is 0 Å². The SMILES string of the molecule is Cc1ccc(N2CC(C(=O)N3CCN(c4ccccn4)CC3)CC2=O)cc1. The predicted octanol–water partition coefficient (Wildman–Crippen LogP) is 2.09. The van der Waals surface area contributed by atoms with Gasteiger partial charge in [0, 0.05) is 51.0 Å². The van der Waals surface area contributed by atoms with E-state index in [2.05, 4.69) is 9.88 Å². The summed E-state index contributed by atoms with van der Waals surface area (Å²) in [6.45, 7) is 5.37. The number of piperazine rings is 1. The molecule has 140 valence electrons. The van der Waals surface area contributed by atoms with Crippen molar-refractivity contribution in [3.63, 3.8) is 0 Å². The van der Waals surface area contributed by atoms with Crippen LogP contribution in [-0.2, 0) is 9.59 Å². The third kappa shape index (κ3) is 3.65. The number of carbonyl (C=O) groups is 2. The number of carbonyl (C=O) groups excluding carboxylic acids is 2. The Morgan fingerprint density at radius 3 is 2.44 bits per heavy atom. The molecule has 2 aliphatic rings. The van der Waals surface area contributed by atoms with E-state index >= 15 is 0 Å². The molecule has 1 aromatic heterocycles. The molecule has 0 spiro atoms. The van der Waals surface area contributed by atoms with Crippen LogP contribution in [0.25, 0.3) is 0 Å². The van der Waals surface area contributed by atoms with E-state index in [1.54, 1.807) is 11.1 Å². The summed E-state index contributed by atoms with van der Waals surface area (Å²) in [4.78, 5) is 35.6. The van der Waals surface area contributed by atoms with E-state index < -0.39 is 0 Å². The van der Waals surface area contributed by atoms with Crippen molar-refractivity contribution < 1.29 is 9.59 Å². The molecule has 1 aromatic carbocycles. The Bertz CT molecular complexity index is 814. The lowest BCUT2D eigenvalue weighted by Crippen LogP contribution is -2.51. The molecular weight excluding hydrogens is 340 g/mol. The molecule has 0 N–H and O–H groups in total. The monoisotopic (exact) mass is 364 g/mol. The minimum Gasteiger partial charge on any atom is -0.353 e. The fourth-order valence-electron chi connectivity index (χ4n) is 3.80. The van der Waals surface area contributed by atoms with E-state index in [9.17, 15) is 9.59 Å². The molecular formula is C21H24N4O2. The van der Waals surface area contributed by atoms with Gasteiger partial charge in [-0.2, -0.15) is 0 Å². The van der Waals surface area contributed by atoms with Gasteiger partial charge >= 0.3 is 0 Å². The topological polar surface area (TPSA) is 56.8 Å². The summed E-state index contributed by atoms with van der Waals surface area (Å²) >= 11 is 0. The molecule has 3 heterocycles. The van der Waals surface area contributed by atoms with Gasteiger partial charge in [0.25, 0.3) is 0 Å². The molecule has 0 bridgehead atoms. The zero-order chi connectivity index (χ0) is 18.8. The number of aryl methyl sites for hydroxylation is 1. The van der Waals surface area contributed by atoms with Crippen LogP contribution < -0.4 is 9.80 Å². The molecule has 6 nitrogen and oxygen atoms in total. The zero-order valence-electron chi connectivity index (χ0n) is 15.5. The predicted molar refractivity (Wildman–Crippen MR) is 105 cm³/mol. The van der Waals surface area contributed by atoms with Crippen molar-refractivity contribution in [2.75, 3.05) is 42.5 Å². The van der Waals surface area contributed by atoms with Crippen molar-refractivity contribution in [3.05, 3.63) is 54.2 Å². The lowest BCUT2D eigenvalue weighted by Gasteiger charge is -2.36. The smallest absolute Gasteiger partial charge is 0.228 e. The molecule has 0 aliphatic carbocycles. The van der Waals surface area contributed by atoms with Crippen LogP contribution in [0.15, 0.2) is 48.7 Å². The molecule has 0 radical (unpaired) electrons. The number of hydrogen-bond donors (Lipinski definition) is 0. The molecule has 2 aromatic rings. The zero-order valence-corrected chi connectivity index (χ0v) is 15.5. The van der Waals surface area contributed by atoms with Crippen molar-refractivity contribution in [3.8, 4) is 0 Å². The van der Waals surface area contributed by atoms with Gasteiger partial charge in [-0.15, -0.1) is 0 Å². The summed E-state index contributed by atoms with van der Waals surface area (Å²) in [5.74, 6) is 0.828. The number of aromatic nitrogens is 1. The summed E-state index contributed by atoms with van der Waals surface area (Å²) in [7, 11) is 0. The van der Waals surface area contributed by atoms with Crippen LogP contribution >= 0.6 is 0 Å². The number of nitrogens with zero attached hydrogens (tertiary/aromatic N) is 4. The third-order valence-corrected chi connectivity index (χ3v) is 5.38. The van der Waals surface area contributed by atoms with Gasteiger partial charge < -0.3 is 14.7 Å². The molecule has 2 fully saturated rings. The maximum atomic E-state index is 12.9. The van der Waals surface area contributed by atoms with Crippen LogP contribution in [0.4, 0.5) is 11.5 Å². The van der Waals surface area contributed by atoms with Crippen LogP contribution in [0.5, 0.6) is 0 Å². The van der Waals surface area contributed by atoms with Gasteiger partial charge in [-0.1, -0.05) is 23.8 Å². The van der Waals surface area contributed by atoms with Crippen molar-refractivity contribution in [1.29, 1.82) is 0 Å². The Morgan fingerprint density at radius 2 is 1.78 bits per heavy atom. The number of anilines is 2. The van der Waals surface area contributed by atoms with Gasteiger partial charge in [-0.3, -0.25) is 9.59 Å². The number of amides is 2. The van der Waals surface area contributed by atoms with E-state index in [0.717, 1.165) is 30.2 Å². The summed E-state index contributed by atoms with van der Waals surface area (Å²) in [5.41, 5.74) is 2.03. The molecule has 2 aliphatic heterocycles. The van der Waals surface area contributed by atoms with Gasteiger partial charge in [0.05, 0.1) is 5.92 Å². The highest BCUT2D eigenvalue weighted by Crippen LogP contribution is 2.27. The van der Waals surface area contributed by atoms with Crippen molar-refractivity contribution in [2.24, 2.45) is 5.92 Å². The first kappa shape index (κ1) is 17.5. The van der Waals surface area contributed by atoms with Crippen LogP contribution in [-0.4, -0.2) is 54.4 Å². The van der Waals surface area contributed by atoms with Crippen molar-refractivity contribution >= 4 is 23.3 Å². The molecule has 1 atom stereocenters. The first-order chi connectivity index (χ1) is 13.1. The Morgan fingerprint density at radius 1 is 1.04 bits per heavy atom. The number of hydrogen-bond acceptors (Lipinski definition) is 4. The van der Waals surface area contributed by atoms with Crippen molar-refractivity contribution in [1.82, 2.24) is 9.88 Å². The second-order valence-electron chi connectivity index (χ2n) is 7.24. The maximum Gasteiger partial charge on any atom is 0.228 e. The summed E-state index contributed by atoms with van der Waals surface area (Å²) in [5, 5.41) is 0. The van der Waals surface area contributed by atoms with Gasteiger partial charge in [0.2, 0.25) is 11.8 Å². The highest BCUT2D eigenvalue weighted by atomic mass is 16.2. The molecule has 2 amide bonds. The van der Waals surface area contributed by atoms with Crippen LogP contribution in [0.1, 0.15) is 12.0 Å². The van der Waals surface area contributed by atoms with Crippen LogP contribution in [0.2, 0.25) is 0 Å². The van der Waals surface area contributed by atoms with E-state index in [0.29, 0.717) is 26.1 Å². The second kappa shape index (κ2) is 7.39. The third-order valence-electron chi connectivity index (χ3n) is 5.38. The fourth-order valence-corrected chi connectivity index (χ4v) is 3.80. The first-order valence-corrected chi connectivity index (χ1v) is 9.43. The fraction of sp³-hybridized carbons (Fsp3) is 0.381. The lowest BCUT2D eigenvalue weighted by molar-refractivity contribution is -0.136. The van der Waals surface area contributed by atoms with Gasteiger partial charge in [0.1, 0.15) is 5.82 Å². The first-order valence-electron chi connectivity index (χ1n) is 9.43. The number of benzene rings is 1. The highest BCUT2D eigenvalue weighted by Gasteiger charge is 2.37. The van der Waals surface area contributed by atoms with Gasteiger partial charge in [-0.05, 0) is 31.2 Å². The molecule has 6 heteroatoms. The van der Waals surface area contributed by atoms with Crippen LogP contribution in [0.3, 0.4) is 0 Å². The van der Waals surface area contributed by atoms with E-state index in [1.807, 2.05) is 54.3 Å². The standard InChI is InChI=1S/C21H24N4O2/c1-16-5-7-18(8-6-16)25-15-17(14-20(25)26)21(27)24-12-10-23(11-13-24)19-4-2-3-9-22-19/h2-9,17H,10-15H2,1H3. The summed E-state index contributed by atoms with van der Waals surface area (Å²) in [6.07, 6.45) is 2.09. The number of rotatable bonds is 3. The minimum atomic E-state index is -0.250. The Balaban J connectivity index is 1.36. The normalized spacial score (nSPS) is 20.3. The second-order valence-corrected chi connectivity index (χ2v) is 7.24. The lowest BCUT2D eigenvalue weighted by atomic mass is 10.1. The van der Waals surface area contributed by atoms with Crippen molar-refractivity contribution in [2.45, 2.75) is 13.3 Å².